The molecule has 3 rings (SSSR count). The van der Waals surface area contributed by atoms with E-state index in [0.717, 1.165) is 29.2 Å². The molecule has 1 aliphatic heterocycles. The van der Waals surface area contributed by atoms with E-state index in [1.807, 2.05) is 37.3 Å². The van der Waals surface area contributed by atoms with Gasteiger partial charge in [0.25, 0.3) is 0 Å². The highest BCUT2D eigenvalue weighted by Crippen LogP contribution is 2.35. The van der Waals surface area contributed by atoms with Gasteiger partial charge in [-0.2, -0.15) is 0 Å². The van der Waals surface area contributed by atoms with Crippen molar-refractivity contribution in [1.82, 2.24) is 5.32 Å². The molecule has 0 aromatic heterocycles. The topological polar surface area (TPSA) is 42.5 Å². The number of hydrogen-bond donors (Lipinski definition) is 2. The molecule has 1 aliphatic rings. The van der Waals surface area contributed by atoms with Crippen molar-refractivity contribution in [3.63, 3.8) is 0 Å². The van der Waals surface area contributed by atoms with Crippen molar-refractivity contribution in [3.05, 3.63) is 52.5 Å². The van der Waals surface area contributed by atoms with Gasteiger partial charge in [-0.25, -0.2) is 0 Å². The van der Waals surface area contributed by atoms with E-state index in [1.54, 1.807) is 0 Å². The first kappa shape index (κ1) is 17.8. The molecule has 0 aliphatic carbocycles. The molecule has 1 heterocycles. The number of fused-ring (bicyclic) bond motifs is 1. The molecule has 2 aromatic carbocycles. The number of halogens is 1. The van der Waals surface area contributed by atoms with Crippen molar-refractivity contribution in [1.29, 1.82) is 0 Å². The van der Waals surface area contributed by atoms with Gasteiger partial charge in [-0.1, -0.05) is 11.6 Å². The third-order valence-corrected chi connectivity index (χ3v) is 4.42. The van der Waals surface area contributed by atoms with E-state index in [4.69, 9.17) is 33.3 Å². The lowest BCUT2D eigenvalue weighted by atomic mass is 10.1. The second kappa shape index (κ2) is 7.93. The van der Waals surface area contributed by atoms with E-state index in [0.29, 0.717) is 23.3 Å². The molecule has 25 heavy (non-hydrogen) atoms. The second-order valence-corrected chi connectivity index (χ2v) is 6.79. The summed E-state index contributed by atoms with van der Waals surface area (Å²) < 4.78 is 11.6. The lowest BCUT2D eigenvalue weighted by Gasteiger charge is -2.15. The Morgan fingerprint density at radius 1 is 1.32 bits per heavy atom. The summed E-state index contributed by atoms with van der Waals surface area (Å²) in [6, 6.07) is 11.5. The molecule has 0 saturated carbocycles. The van der Waals surface area contributed by atoms with Crippen molar-refractivity contribution in [2.24, 2.45) is 0 Å². The smallest absolute Gasteiger partial charge is 0.171 e. The Bertz CT molecular complexity index is 765. The first-order chi connectivity index (χ1) is 12.0. The molecular formula is C19H21ClN2O2S. The third-order valence-electron chi connectivity index (χ3n) is 3.92. The fraction of sp³-hybridized carbons (Fsp3) is 0.316. The molecule has 0 saturated heterocycles. The largest absolute Gasteiger partial charge is 0.494 e. The van der Waals surface area contributed by atoms with Crippen molar-refractivity contribution < 1.29 is 9.47 Å². The molecule has 2 N–H and O–H groups in total. The monoisotopic (exact) mass is 376 g/mol. The van der Waals surface area contributed by atoms with Crippen molar-refractivity contribution in [3.8, 4) is 11.5 Å². The summed E-state index contributed by atoms with van der Waals surface area (Å²) in [5.74, 6) is 1.81. The van der Waals surface area contributed by atoms with Gasteiger partial charge in [0.2, 0.25) is 0 Å². The van der Waals surface area contributed by atoms with Crippen LogP contribution in [0, 0.1) is 0 Å². The summed E-state index contributed by atoms with van der Waals surface area (Å²) in [6.07, 6.45) is 1.12. The molecule has 0 spiro atoms. The number of rotatable bonds is 5. The summed E-state index contributed by atoms with van der Waals surface area (Å²) >= 11 is 11.3. The summed E-state index contributed by atoms with van der Waals surface area (Å²) in [6.45, 7) is 5.23. The maximum Gasteiger partial charge on any atom is 0.171 e. The van der Waals surface area contributed by atoms with Gasteiger partial charge in [0.05, 0.1) is 6.61 Å². The Balaban J connectivity index is 1.66. The maximum atomic E-state index is 5.89. The van der Waals surface area contributed by atoms with Crippen LogP contribution in [-0.4, -0.2) is 17.8 Å². The average molecular weight is 377 g/mol. The predicted octanol–water partition coefficient (Wildman–Crippen LogP) is 4.55. The van der Waals surface area contributed by atoms with Gasteiger partial charge in [0.1, 0.15) is 17.6 Å². The Labute approximate surface area is 158 Å². The number of anilines is 1. The van der Waals surface area contributed by atoms with Crippen LogP contribution in [0.25, 0.3) is 0 Å². The quantitative estimate of drug-likeness (QED) is 0.749. The third kappa shape index (κ3) is 4.55. The van der Waals surface area contributed by atoms with Crippen LogP contribution in [0.5, 0.6) is 11.5 Å². The highest BCUT2D eigenvalue weighted by Gasteiger charge is 2.21. The molecule has 0 amide bonds. The molecule has 6 heteroatoms. The highest BCUT2D eigenvalue weighted by atomic mass is 35.5. The number of nitrogens with one attached hydrogen (secondary N) is 2. The molecule has 2 aromatic rings. The minimum absolute atomic E-state index is 0.209. The van der Waals surface area contributed by atoms with Gasteiger partial charge in [-0.3, -0.25) is 0 Å². The van der Waals surface area contributed by atoms with Crippen LogP contribution in [0.4, 0.5) is 5.69 Å². The summed E-state index contributed by atoms with van der Waals surface area (Å²) in [5, 5.41) is 7.59. The SMILES string of the molecule is CCOc1cc2c(cc1CNC(=S)Nc1ccc(Cl)cc1)O[C@@H](C)C2. The summed E-state index contributed by atoms with van der Waals surface area (Å²) in [4.78, 5) is 0. The lowest BCUT2D eigenvalue weighted by Crippen LogP contribution is -2.28. The van der Waals surface area contributed by atoms with E-state index in [2.05, 4.69) is 23.6 Å². The standard InChI is InChI=1S/C19H21ClN2O2S/c1-3-23-17-9-13-8-12(2)24-18(13)10-14(17)11-21-19(25)22-16-6-4-15(20)5-7-16/h4-7,9-10,12H,3,8,11H2,1-2H3,(H2,21,22,25)/t12-/m0/s1. The van der Waals surface area contributed by atoms with E-state index in [-0.39, 0.29) is 6.10 Å². The van der Waals surface area contributed by atoms with Gasteiger partial charge in [-0.15, -0.1) is 0 Å². The second-order valence-electron chi connectivity index (χ2n) is 5.95. The van der Waals surface area contributed by atoms with E-state index in [9.17, 15) is 0 Å². The molecule has 0 bridgehead atoms. The molecule has 1 atom stereocenters. The first-order valence-corrected chi connectivity index (χ1v) is 9.09. The summed E-state index contributed by atoms with van der Waals surface area (Å²) in [7, 11) is 0. The van der Waals surface area contributed by atoms with Gasteiger partial charge < -0.3 is 20.1 Å². The van der Waals surface area contributed by atoms with Gasteiger partial charge >= 0.3 is 0 Å². The van der Waals surface area contributed by atoms with Crippen LogP contribution < -0.4 is 20.1 Å². The van der Waals surface area contributed by atoms with Crippen LogP contribution in [0.3, 0.4) is 0 Å². The molecular weight excluding hydrogens is 356 g/mol. The van der Waals surface area contributed by atoms with Crippen LogP contribution in [0.15, 0.2) is 36.4 Å². The fourth-order valence-electron chi connectivity index (χ4n) is 2.79. The summed E-state index contributed by atoms with van der Waals surface area (Å²) in [5.41, 5.74) is 3.11. The zero-order valence-electron chi connectivity index (χ0n) is 14.3. The molecule has 4 nitrogen and oxygen atoms in total. The van der Waals surface area contributed by atoms with E-state index in [1.165, 1.54) is 5.56 Å². The van der Waals surface area contributed by atoms with Crippen molar-refractivity contribution in [2.75, 3.05) is 11.9 Å². The molecule has 0 radical (unpaired) electrons. The molecule has 132 valence electrons. The predicted molar refractivity (Wildman–Crippen MR) is 106 cm³/mol. The maximum absolute atomic E-state index is 5.89. The number of ether oxygens (including phenoxy) is 2. The number of thiocarbonyl (C=S) groups is 1. The Kier molecular flexibility index (Phi) is 5.66. The van der Waals surface area contributed by atoms with Crippen LogP contribution in [0.2, 0.25) is 5.02 Å². The Morgan fingerprint density at radius 3 is 2.80 bits per heavy atom. The zero-order chi connectivity index (χ0) is 17.8. The van der Waals surface area contributed by atoms with Crippen LogP contribution in [0.1, 0.15) is 25.0 Å². The van der Waals surface area contributed by atoms with Crippen LogP contribution in [-0.2, 0) is 13.0 Å². The van der Waals surface area contributed by atoms with Crippen molar-refractivity contribution >= 4 is 34.6 Å². The Hall–Kier alpha value is -1.98. The fourth-order valence-corrected chi connectivity index (χ4v) is 3.11. The van der Waals surface area contributed by atoms with E-state index < -0.39 is 0 Å². The normalized spacial score (nSPS) is 15.2. The van der Waals surface area contributed by atoms with Crippen molar-refractivity contribution in [2.45, 2.75) is 32.9 Å². The van der Waals surface area contributed by atoms with Gasteiger partial charge in [0, 0.05) is 34.8 Å². The average Bonchev–Trinajstić information content (AvgIpc) is 2.94. The number of benzene rings is 2. The van der Waals surface area contributed by atoms with Crippen LogP contribution >= 0.6 is 23.8 Å². The highest BCUT2D eigenvalue weighted by molar-refractivity contribution is 7.80. The molecule has 0 fully saturated rings. The number of hydrogen-bond acceptors (Lipinski definition) is 3. The molecule has 0 unspecified atom stereocenters. The minimum Gasteiger partial charge on any atom is -0.494 e. The Morgan fingerprint density at radius 2 is 2.08 bits per heavy atom. The lowest BCUT2D eigenvalue weighted by molar-refractivity contribution is 0.254. The van der Waals surface area contributed by atoms with E-state index >= 15 is 0 Å². The van der Waals surface area contributed by atoms with Gasteiger partial charge in [-0.05, 0) is 62.5 Å². The zero-order valence-corrected chi connectivity index (χ0v) is 15.8. The minimum atomic E-state index is 0.209. The van der Waals surface area contributed by atoms with Gasteiger partial charge in [0.15, 0.2) is 5.11 Å². The first-order valence-electron chi connectivity index (χ1n) is 8.31.